The summed E-state index contributed by atoms with van der Waals surface area (Å²) in [7, 11) is 0. The molecular formula is C16H13ClN2O2S. The zero-order valence-electron chi connectivity index (χ0n) is 11.6. The summed E-state index contributed by atoms with van der Waals surface area (Å²) in [6.45, 7) is 0.538. The topological polar surface area (TPSA) is 55.1 Å². The van der Waals surface area contributed by atoms with E-state index in [1.54, 1.807) is 11.3 Å². The quantitative estimate of drug-likeness (QED) is 0.770. The molecule has 0 bridgehead atoms. The lowest BCUT2D eigenvalue weighted by atomic mass is 10.2. The van der Waals surface area contributed by atoms with Crippen molar-refractivity contribution < 1.29 is 9.90 Å². The van der Waals surface area contributed by atoms with Crippen LogP contribution in [0, 0.1) is 0 Å². The average Bonchev–Trinajstić information content (AvgIpc) is 3.11. The van der Waals surface area contributed by atoms with Crippen molar-refractivity contribution in [1.82, 2.24) is 9.55 Å². The molecule has 0 atom stereocenters. The van der Waals surface area contributed by atoms with Crippen LogP contribution in [0.4, 0.5) is 0 Å². The molecule has 3 rings (SSSR count). The van der Waals surface area contributed by atoms with Gasteiger partial charge in [-0.1, -0.05) is 48.0 Å². The second kappa shape index (κ2) is 6.34. The van der Waals surface area contributed by atoms with Gasteiger partial charge in [-0.25, -0.2) is 4.98 Å². The number of imidazole rings is 1. The molecule has 0 spiro atoms. The summed E-state index contributed by atoms with van der Waals surface area (Å²) in [6, 6.07) is 13.7. The highest BCUT2D eigenvalue weighted by Crippen LogP contribution is 2.30. The van der Waals surface area contributed by atoms with Gasteiger partial charge in [-0.05, 0) is 17.0 Å². The number of carboxylic acids is 1. The third-order valence-corrected chi connectivity index (χ3v) is 4.44. The number of hydrogen-bond donors (Lipinski definition) is 1. The second-order valence-electron chi connectivity index (χ2n) is 4.79. The van der Waals surface area contributed by atoms with Crippen LogP contribution in [0.15, 0.2) is 47.8 Å². The number of halogens is 1. The van der Waals surface area contributed by atoms with Crippen LogP contribution < -0.4 is 0 Å². The van der Waals surface area contributed by atoms with Crippen molar-refractivity contribution >= 4 is 28.9 Å². The molecule has 0 saturated heterocycles. The molecule has 3 aromatic rings. The molecule has 1 N–H and O–H groups in total. The first kappa shape index (κ1) is 14.8. The van der Waals surface area contributed by atoms with Crippen molar-refractivity contribution in [2.24, 2.45) is 0 Å². The van der Waals surface area contributed by atoms with Gasteiger partial charge in [-0.2, -0.15) is 0 Å². The van der Waals surface area contributed by atoms with Gasteiger partial charge in [0.15, 0.2) is 11.0 Å². The Bertz CT molecular complexity index is 782. The van der Waals surface area contributed by atoms with Gasteiger partial charge in [0.05, 0.1) is 17.0 Å². The Hall–Kier alpha value is -2.11. The number of aliphatic carboxylic acids is 1. The van der Waals surface area contributed by atoms with Crippen molar-refractivity contribution in [3.8, 4) is 10.7 Å². The van der Waals surface area contributed by atoms with Crippen molar-refractivity contribution in [2.75, 3.05) is 0 Å². The molecule has 1 aromatic carbocycles. The first-order valence-corrected chi connectivity index (χ1v) is 7.95. The highest BCUT2D eigenvalue weighted by molar-refractivity contribution is 7.13. The predicted octanol–water partition coefficient (Wildman–Crippen LogP) is 3.94. The van der Waals surface area contributed by atoms with Crippen LogP contribution in [0.5, 0.6) is 0 Å². The highest BCUT2D eigenvalue weighted by Gasteiger charge is 2.20. The Morgan fingerprint density at radius 2 is 2.00 bits per heavy atom. The van der Waals surface area contributed by atoms with E-state index in [4.69, 9.17) is 16.7 Å². The summed E-state index contributed by atoms with van der Waals surface area (Å²) in [5.41, 5.74) is 1.60. The van der Waals surface area contributed by atoms with E-state index in [9.17, 15) is 4.79 Å². The summed E-state index contributed by atoms with van der Waals surface area (Å²) in [6.07, 6.45) is -0.149. The van der Waals surface area contributed by atoms with Gasteiger partial charge in [0, 0.05) is 6.54 Å². The van der Waals surface area contributed by atoms with Gasteiger partial charge in [-0.3, -0.25) is 4.79 Å². The van der Waals surface area contributed by atoms with Gasteiger partial charge >= 0.3 is 5.97 Å². The van der Waals surface area contributed by atoms with Crippen LogP contribution in [-0.4, -0.2) is 20.6 Å². The largest absolute Gasteiger partial charge is 0.481 e. The fraction of sp³-hybridized carbons (Fsp3) is 0.125. The summed E-state index contributed by atoms with van der Waals surface area (Å²) >= 11 is 7.74. The van der Waals surface area contributed by atoms with E-state index in [-0.39, 0.29) is 11.6 Å². The van der Waals surface area contributed by atoms with E-state index in [0.29, 0.717) is 18.1 Å². The van der Waals surface area contributed by atoms with Crippen molar-refractivity contribution in [3.05, 3.63) is 64.3 Å². The Balaban J connectivity index is 2.09. The Labute approximate surface area is 136 Å². The lowest BCUT2D eigenvalue weighted by molar-refractivity contribution is -0.136. The highest BCUT2D eigenvalue weighted by atomic mass is 35.5. The van der Waals surface area contributed by atoms with Crippen LogP contribution >= 0.6 is 22.9 Å². The Kier molecular flexibility index (Phi) is 4.27. The molecule has 0 aliphatic rings. The number of aromatic nitrogens is 2. The molecule has 4 nitrogen and oxygen atoms in total. The van der Waals surface area contributed by atoms with E-state index >= 15 is 0 Å². The normalized spacial score (nSPS) is 10.8. The Morgan fingerprint density at radius 1 is 1.23 bits per heavy atom. The number of benzene rings is 1. The summed E-state index contributed by atoms with van der Waals surface area (Å²) in [5, 5.41) is 11.3. The van der Waals surface area contributed by atoms with Gasteiger partial charge in [-0.15, -0.1) is 11.3 Å². The molecule has 0 amide bonds. The minimum absolute atomic E-state index is 0.149. The van der Waals surface area contributed by atoms with Crippen LogP contribution in [0.25, 0.3) is 10.7 Å². The smallest absolute Gasteiger partial charge is 0.309 e. The number of thiophene rings is 1. The van der Waals surface area contributed by atoms with E-state index in [0.717, 1.165) is 10.4 Å². The Morgan fingerprint density at radius 3 is 2.64 bits per heavy atom. The number of nitrogens with zero attached hydrogens (tertiary/aromatic N) is 2. The molecule has 6 heteroatoms. The molecule has 0 aliphatic heterocycles. The second-order valence-corrected chi connectivity index (χ2v) is 6.10. The predicted molar refractivity (Wildman–Crippen MR) is 87.4 cm³/mol. The van der Waals surface area contributed by atoms with Gasteiger partial charge in [0.1, 0.15) is 0 Å². The van der Waals surface area contributed by atoms with E-state index < -0.39 is 5.97 Å². The maximum absolute atomic E-state index is 11.1. The third-order valence-electron chi connectivity index (χ3n) is 3.27. The number of carbonyl (C=O) groups is 1. The molecule has 0 radical (unpaired) electrons. The van der Waals surface area contributed by atoms with Crippen LogP contribution in [0.3, 0.4) is 0 Å². The fourth-order valence-corrected chi connectivity index (χ4v) is 3.27. The maximum Gasteiger partial charge on any atom is 0.309 e. The van der Waals surface area contributed by atoms with Crippen molar-refractivity contribution in [2.45, 2.75) is 13.0 Å². The zero-order chi connectivity index (χ0) is 15.5. The molecule has 0 saturated carbocycles. The van der Waals surface area contributed by atoms with E-state index in [1.807, 2.05) is 52.4 Å². The average molecular weight is 333 g/mol. The zero-order valence-corrected chi connectivity index (χ0v) is 13.1. The molecule has 112 valence electrons. The van der Waals surface area contributed by atoms with Gasteiger partial charge < -0.3 is 9.67 Å². The molecular weight excluding hydrogens is 320 g/mol. The van der Waals surface area contributed by atoms with E-state index in [2.05, 4.69) is 4.98 Å². The minimum atomic E-state index is -0.922. The molecule has 0 unspecified atom stereocenters. The molecule has 22 heavy (non-hydrogen) atoms. The van der Waals surface area contributed by atoms with Crippen LogP contribution in [-0.2, 0) is 17.8 Å². The summed E-state index contributed by atoms with van der Waals surface area (Å²) < 4.78 is 1.89. The van der Waals surface area contributed by atoms with Crippen molar-refractivity contribution in [1.29, 1.82) is 0 Å². The monoisotopic (exact) mass is 332 g/mol. The number of carboxylic acid groups (broad SMARTS) is 1. The number of hydrogen-bond acceptors (Lipinski definition) is 3. The lowest BCUT2D eigenvalue weighted by Gasteiger charge is -2.10. The van der Waals surface area contributed by atoms with Crippen LogP contribution in [0.1, 0.15) is 11.3 Å². The third kappa shape index (κ3) is 3.05. The van der Waals surface area contributed by atoms with Gasteiger partial charge in [0.25, 0.3) is 0 Å². The molecule has 2 aromatic heterocycles. The van der Waals surface area contributed by atoms with Crippen LogP contribution in [0.2, 0.25) is 5.15 Å². The molecule has 2 heterocycles. The first-order chi connectivity index (χ1) is 10.6. The fourth-order valence-electron chi connectivity index (χ4n) is 2.30. The standard InChI is InChI=1S/C16H13ClN2O2S/c17-15-12(9-14(20)21)19(10-11-5-2-1-3-6-11)16(18-15)13-7-4-8-22-13/h1-8H,9-10H2,(H,20,21). The number of rotatable bonds is 5. The van der Waals surface area contributed by atoms with Gasteiger partial charge in [0.2, 0.25) is 0 Å². The summed E-state index contributed by atoms with van der Waals surface area (Å²) in [4.78, 5) is 16.5. The minimum Gasteiger partial charge on any atom is -0.481 e. The molecule has 0 fully saturated rings. The summed E-state index contributed by atoms with van der Waals surface area (Å²) in [5.74, 6) is -0.214. The lowest BCUT2D eigenvalue weighted by Crippen LogP contribution is -2.10. The maximum atomic E-state index is 11.1. The first-order valence-electron chi connectivity index (χ1n) is 6.69. The van der Waals surface area contributed by atoms with E-state index in [1.165, 1.54) is 0 Å². The van der Waals surface area contributed by atoms with Crippen molar-refractivity contribution in [3.63, 3.8) is 0 Å². The SMILES string of the molecule is O=C(O)Cc1c(Cl)nc(-c2cccs2)n1Cc1ccccc1. The molecule has 0 aliphatic carbocycles.